The highest BCUT2D eigenvalue weighted by atomic mass is 16.5. The predicted molar refractivity (Wildman–Crippen MR) is 116 cm³/mol. The third kappa shape index (κ3) is 5.81. The number of carboxylic acids is 1. The molecule has 0 bridgehead atoms. The topological polar surface area (TPSA) is 136 Å². The van der Waals surface area contributed by atoms with Gasteiger partial charge in [-0.2, -0.15) is 0 Å². The van der Waals surface area contributed by atoms with E-state index in [-0.39, 0.29) is 5.69 Å². The SMILES string of the molecule is CN.O=C(O)c1cc(Oc2ccc(-c3cnc(Nc4ccccc4)nn3)cc2)ccn1. The Bertz CT molecular complexity index is 1120. The van der Waals surface area contributed by atoms with Crippen LogP contribution in [-0.2, 0) is 0 Å². The molecule has 4 N–H and O–H groups in total. The molecule has 2 aromatic heterocycles. The van der Waals surface area contributed by atoms with Crippen molar-refractivity contribution in [1.29, 1.82) is 0 Å². The summed E-state index contributed by atoms with van der Waals surface area (Å²) < 4.78 is 5.68. The number of hydrogen-bond acceptors (Lipinski definition) is 8. The molecule has 9 heteroatoms. The van der Waals surface area contributed by atoms with Crippen molar-refractivity contribution in [1.82, 2.24) is 20.2 Å². The number of nitrogens with two attached hydrogens (primary N) is 1. The third-order valence-electron chi connectivity index (χ3n) is 3.93. The highest BCUT2D eigenvalue weighted by molar-refractivity contribution is 5.85. The van der Waals surface area contributed by atoms with Crippen molar-refractivity contribution < 1.29 is 14.6 Å². The summed E-state index contributed by atoms with van der Waals surface area (Å²) in [5.74, 6) is 0.247. The number of aromatic carboxylic acids is 1. The molecule has 0 saturated carbocycles. The molecule has 0 aliphatic rings. The van der Waals surface area contributed by atoms with E-state index in [0.717, 1.165) is 11.3 Å². The van der Waals surface area contributed by atoms with Gasteiger partial charge in [0, 0.05) is 23.5 Å². The average Bonchev–Trinajstić information content (AvgIpc) is 2.82. The average molecular weight is 416 g/mol. The molecule has 2 heterocycles. The van der Waals surface area contributed by atoms with Gasteiger partial charge in [0.1, 0.15) is 17.2 Å². The Morgan fingerprint density at radius 1 is 0.935 bits per heavy atom. The molecule has 4 rings (SSSR count). The zero-order valence-electron chi connectivity index (χ0n) is 16.6. The van der Waals surface area contributed by atoms with Crippen LogP contribution >= 0.6 is 0 Å². The van der Waals surface area contributed by atoms with Gasteiger partial charge in [-0.25, -0.2) is 14.8 Å². The van der Waals surface area contributed by atoms with Gasteiger partial charge in [-0.3, -0.25) is 0 Å². The van der Waals surface area contributed by atoms with Gasteiger partial charge in [0.15, 0.2) is 5.69 Å². The zero-order chi connectivity index (χ0) is 22.1. The number of carboxylic acid groups (broad SMARTS) is 1. The zero-order valence-corrected chi connectivity index (χ0v) is 16.6. The normalized spacial score (nSPS) is 9.87. The summed E-state index contributed by atoms with van der Waals surface area (Å²) >= 11 is 0. The van der Waals surface area contributed by atoms with Crippen LogP contribution in [0.25, 0.3) is 11.3 Å². The van der Waals surface area contributed by atoms with E-state index >= 15 is 0 Å². The Morgan fingerprint density at radius 2 is 1.68 bits per heavy atom. The third-order valence-corrected chi connectivity index (χ3v) is 3.93. The highest BCUT2D eigenvalue weighted by Crippen LogP contribution is 2.25. The van der Waals surface area contributed by atoms with Crippen LogP contribution in [0.4, 0.5) is 11.6 Å². The number of pyridine rings is 1. The number of carbonyl (C=O) groups is 1. The van der Waals surface area contributed by atoms with Crippen LogP contribution in [0.1, 0.15) is 10.5 Å². The van der Waals surface area contributed by atoms with E-state index < -0.39 is 5.97 Å². The number of hydrogen-bond donors (Lipinski definition) is 3. The molecule has 0 spiro atoms. The molecule has 2 aromatic carbocycles. The second-order valence-electron chi connectivity index (χ2n) is 5.97. The molecule has 0 aliphatic heterocycles. The van der Waals surface area contributed by atoms with E-state index in [4.69, 9.17) is 9.84 Å². The Kier molecular flexibility index (Phi) is 7.17. The van der Waals surface area contributed by atoms with Crippen molar-refractivity contribution in [3.05, 3.63) is 84.8 Å². The van der Waals surface area contributed by atoms with E-state index in [1.54, 1.807) is 24.4 Å². The lowest BCUT2D eigenvalue weighted by atomic mass is 10.1. The van der Waals surface area contributed by atoms with Crippen molar-refractivity contribution in [3.8, 4) is 22.8 Å². The maximum Gasteiger partial charge on any atom is 0.354 e. The van der Waals surface area contributed by atoms with E-state index in [1.807, 2.05) is 42.5 Å². The Labute approximate surface area is 178 Å². The van der Waals surface area contributed by atoms with Crippen molar-refractivity contribution in [3.63, 3.8) is 0 Å². The van der Waals surface area contributed by atoms with Crippen molar-refractivity contribution in [2.24, 2.45) is 5.73 Å². The van der Waals surface area contributed by atoms with Gasteiger partial charge >= 0.3 is 5.97 Å². The highest BCUT2D eigenvalue weighted by Gasteiger charge is 2.07. The molecule has 0 unspecified atom stereocenters. The summed E-state index contributed by atoms with van der Waals surface area (Å²) in [5, 5.41) is 20.4. The fourth-order valence-corrected chi connectivity index (χ4v) is 2.54. The van der Waals surface area contributed by atoms with E-state index in [0.29, 0.717) is 23.1 Å². The first kappa shape index (κ1) is 21.3. The number of para-hydroxylation sites is 1. The lowest BCUT2D eigenvalue weighted by Gasteiger charge is -2.07. The molecule has 0 saturated heterocycles. The van der Waals surface area contributed by atoms with Crippen molar-refractivity contribution in [2.75, 3.05) is 12.4 Å². The number of nitrogens with one attached hydrogen (secondary N) is 1. The van der Waals surface area contributed by atoms with Crippen LogP contribution in [0, 0.1) is 0 Å². The molecule has 0 amide bonds. The molecule has 31 heavy (non-hydrogen) atoms. The number of anilines is 2. The standard InChI is InChI=1S/C21H15N5O3.CH5N/c27-20(28)18-12-17(10-11-22-18)29-16-8-6-14(7-9-16)19-13-23-21(26-25-19)24-15-4-2-1-3-5-15;1-2/h1-13H,(H,27,28)(H,23,24,26);2H2,1H3. The lowest BCUT2D eigenvalue weighted by Crippen LogP contribution is -2.00. The van der Waals surface area contributed by atoms with Crippen molar-refractivity contribution >= 4 is 17.6 Å². The molecule has 0 atom stereocenters. The first-order valence-corrected chi connectivity index (χ1v) is 9.24. The van der Waals surface area contributed by atoms with Gasteiger partial charge in [-0.1, -0.05) is 18.2 Å². The van der Waals surface area contributed by atoms with Crippen LogP contribution in [0.3, 0.4) is 0 Å². The van der Waals surface area contributed by atoms with Gasteiger partial charge in [0.2, 0.25) is 5.95 Å². The summed E-state index contributed by atoms with van der Waals surface area (Å²) in [6, 6.07) is 19.7. The molecule has 9 nitrogen and oxygen atoms in total. The first-order valence-electron chi connectivity index (χ1n) is 9.24. The molecular formula is C22H20N6O3. The molecular weight excluding hydrogens is 396 g/mol. The van der Waals surface area contributed by atoms with Crippen LogP contribution in [0.5, 0.6) is 11.5 Å². The second kappa shape index (κ2) is 10.4. The molecule has 4 aromatic rings. The van der Waals surface area contributed by atoms with E-state index in [1.165, 1.54) is 19.3 Å². The molecule has 156 valence electrons. The number of ether oxygens (including phenoxy) is 1. The lowest BCUT2D eigenvalue weighted by molar-refractivity contribution is 0.0690. The minimum atomic E-state index is -1.11. The Balaban J connectivity index is 0.00000132. The first-order chi connectivity index (χ1) is 15.2. The van der Waals surface area contributed by atoms with Crippen LogP contribution < -0.4 is 15.8 Å². The van der Waals surface area contributed by atoms with E-state index in [2.05, 4.69) is 31.2 Å². The Morgan fingerprint density at radius 3 is 2.32 bits per heavy atom. The monoisotopic (exact) mass is 416 g/mol. The van der Waals surface area contributed by atoms with Crippen LogP contribution in [0.15, 0.2) is 79.1 Å². The van der Waals surface area contributed by atoms with E-state index in [9.17, 15) is 4.79 Å². The number of aromatic nitrogens is 4. The molecule has 0 fully saturated rings. The van der Waals surface area contributed by atoms with Gasteiger partial charge in [0.25, 0.3) is 0 Å². The summed E-state index contributed by atoms with van der Waals surface area (Å²) in [7, 11) is 1.50. The number of nitrogens with zero attached hydrogens (tertiary/aromatic N) is 4. The van der Waals surface area contributed by atoms with Crippen molar-refractivity contribution in [2.45, 2.75) is 0 Å². The fourth-order valence-electron chi connectivity index (χ4n) is 2.54. The van der Waals surface area contributed by atoms with Gasteiger partial charge < -0.3 is 20.9 Å². The maximum atomic E-state index is 11.0. The second-order valence-corrected chi connectivity index (χ2v) is 5.97. The summed E-state index contributed by atoms with van der Waals surface area (Å²) in [4.78, 5) is 19.0. The van der Waals surface area contributed by atoms with Gasteiger partial charge in [-0.05, 0) is 49.5 Å². The summed E-state index contributed by atoms with van der Waals surface area (Å²) in [6.45, 7) is 0. The predicted octanol–water partition coefficient (Wildman–Crippen LogP) is 3.74. The molecule has 0 radical (unpaired) electrons. The van der Waals surface area contributed by atoms with Crippen LogP contribution in [0.2, 0.25) is 0 Å². The fraction of sp³-hybridized carbons (Fsp3) is 0.0455. The number of rotatable bonds is 6. The quantitative estimate of drug-likeness (QED) is 0.429. The Hall–Kier alpha value is -4.37. The minimum absolute atomic E-state index is 0.0790. The minimum Gasteiger partial charge on any atom is -0.477 e. The van der Waals surface area contributed by atoms with Crippen LogP contribution in [-0.4, -0.2) is 38.3 Å². The number of benzene rings is 2. The van der Waals surface area contributed by atoms with Gasteiger partial charge in [0.05, 0.1) is 6.20 Å². The summed E-state index contributed by atoms with van der Waals surface area (Å²) in [5.41, 5.74) is 6.74. The van der Waals surface area contributed by atoms with Gasteiger partial charge in [-0.15, -0.1) is 10.2 Å². The largest absolute Gasteiger partial charge is 0.477 e. The smallest absolute Gasteiger partial charge is 0.354 e. The maximum absolute atomic E-state index is 11.0. The summed E-state index contributed by atoms with van der Waals surface area (Å²) in [6.07, 6.45) is 3.02. The molecule has 0 aliphatic carbocycles.